The highest BCUT2D eigenvalue weighted by Gasteiger charge is 2.13. The van der Waals surface area contributed by atoms with Gasteiger partial charge in [0.1, 0.15) is 5.82 Å². The zero-order valence-electron chi connectivity index (χ0n) is 10.9. The Morgan fingerprint density at radius 1 is 1.15 bits per heavy atom. The van der Waals surface area contributed by atoms with Gasteiger partial charge >= 0.3 is 0 Å². The summed E-state index contributed by atoms with van der Waals surface area (Å²) in [5.74, 6) is 0.676. The Hall–Kier alpha value is -2.76. The van der Waals surface area contributed by atoms with E-state index in [1.807, 2.05) is 0 Å². The molecule has 0 radical (unpaired) electrons. The fourth-order valence-corrected chi connectivity index (χ4v) is 2.00. The van der Waals surface area contributed by atoms with Crippen molar-refractivity contribution in [1.29, 1.82) is 0 Å². The second kappa shape index (κ2) is 5.08. The predicted octanol–water partition coefficient (Wildman–Crippen LogP) is 1.63. The Morgan fingerprint density at radius 3 is 2.70 bits per heavy atom. The van der Waals surface area contributed by atoms with E-state index in [4.69, 9.17) is 0 Å². The van der Waals surface area contributed by atoms with Crippen LogP contribution in [-0.4, -0.2) is 37.8 Å². The van der Waals surface area contributed by atoms with Gasteiger partial charge in [-0.15, -0.1) is 0 Å². The Bertz CT molecular complexity index is 738. The van der Waals surface area contributed by atoms with E-state index in [2.05, 4.69) is 19.9 Å². The van der Waals surface area contributed by atoms with Gasteiger partial charge in [0.25, 0.3) is 5.91 Å². The molecule has 6 heteroatoms. The minimum Gasteiger partial charge on any atom is -0.347 e. The predicted molar refractivity (Wildman–Crippen MR) is 73.9 cm³/mol. The highest BCUT2D eigenvalue weighted by Crippen LogP contribution is 2.13. The monoisotopic (exact) mass is 267 g/mol. The van der Waals surface area contributed by atoms with E-state index in [1.165, 1.54) is 0 Å². The number of aromatic nitrogens is 4. The van der Waals surface area contributed by atoms with Crippen LogP contribution < -0.4 is 0 Å². The lowest BCUT2D eigenvalue weighted by molar-refractivity contribution is 0.0782. The largest absolute Gasteiger partial charge is 0.347 e. The molecule has 0 atom stereocenters. The van der Waals surface area contributed by atoms with Crippen molar-refractivity contribution in [2.24, 2.45) is 0 Å². The summed E-state index contributed by atoms with van der Waals surface area (Å²) in [6.45, 7) is 0.435. The molecule has 0 saturated heterocycles. The normalized spacial score (nSPS) is 10.7. The van der Waals surface area contributed by atoms with Crippen LogP contribution in [0.4, 0.5) is 0 Å². The van der Waals surface area contributed by atoms with Crippen molar-refractivity contribution < 1.29 is 4.79 Å². The number of carbonyl (C=O) groups is 1. The van der Waals surface area contributed by atoms with Crippen LogP contribution in [0.25, 0.3) is 11.0 Å². The fraction of sp³-hybridized carbons (Fsp3) is 0.143. The molecule has 100 valence electrons. The second-order valence-electron chi connectivity index (χ2n) is 4.46. The average molecular weight is 267 g/mol. The molecule has 1 amide bonds. The fourth-order valence-electron chi connectivity index (χ4n) is 2.00. The minimum absolute atomic E-state index is 0.0750. The minimum atomic E-state index is -0.0750. The molecule has 0 unspecified atom stereocenters. The first-order valence-electron chi connectivity index (χ1n) is 6.18. The number of nitrogens with zero attached hydrogens (tertiary/aromatic N) is 4. The zero-order chi connectivity index (χ0) is 13.9. The number of H-pyrrole nitrogens is 1. The van der Waals surface area contributed by atoms with E-state index in [9.17, 15) is 4.79 Å². The van der Waals surface area contributed by atoms with Crippen LogP contribution >= 0.6 is 0 Å². The number of rotatable bonds is 3. The average Bonchev–Trinajstić information content (AvgIpc) is 2.99. The molecule has 3 aromatic rings. The van der Waals surface area contributed by atoms with Gasteiger partial charge in [0.05, 0.1) is 17.6 Å². The first-order chi connectivity index (χ1) is 9.74. The third-order valence-corrected chi connectivity index (χ3v) is 3.00. The first-order valence-corrected chi connectivity index (χ1v) is 6.18. The van der Waals surface area contributed by atoms with Crippen LogP contribution in [0.2, 0.25) is 0 Å². The molecule has 2 heterocycles. The molecule has 0 spiro atoms. The van der Waals surface area contributed by atoms with Gasteiger partial charge < -0.3 is 9.88 Å². The standard InChI is InChI=1S/C14H13N5O/c1-19(9-13-17-6-7-18-13)14(20)10-2-3-11-12(8-10)16-5-4-15-11/h2-8H,9H2,1H3,(H,17,18). The van der Waals surface area contributed by atoms with Gasteiger partial charge in [-0.2, -0.15) is 0 Å². The molecule has 1 N–H and O–H groups in total. The number of hydrogen-bond donors (Lipinski definition) is 1. The number of imidazole rings is 1. The van der Waals surface area contributed by atoms with Crippen molar-refractivity contribution in [2.45, 2.75) is 6.54 Å². The number of aromatic amines is 1. The van der Waals surface area contributed by atoms with Gasteiger partial charge in [0.15, 0.2) is 0 Å². The quantitative estimate of drug-likeness (QED) is 0.782. The van der Waals surface area contributed by atoms with E-state index in [0.29, 0.717) is 17.6 Å². The molecule has 0 bridgehead atoms. The van der Waals surface area contributed by atoms with Crippen LogP contribution in [-0.2, 0) is 6.54 Å². The van der Waals surface area contributed by atoms with Gasteiger partial charge in [0, 0.05) is 37.4 Å². The number of amides is 1. The summed E-state index contributed by atoms with van der Waals surface area (Å²) in [7, 11) is 1.74. The van der Waals surface area contributed by atoms with Gasteiger partial charge in [-0.25, -0.2) is 4.98 Å². The van der Waals surface area contributed by atoms with E-state index in [-0.39, 0.29) is 5.91 Å². The SMILES string of the molecule is CN(Cc1ncc[nH]1)C(=O)c1ccc2nccnc2c1. The maximum Gasteiger partial charge on any atom is 0.254 e. The molecule has 0 aliphatic heterocycles. The maximum atomic E-state index is 12.4. The van der Waals surface area contributed by atoms with Crippen LogP contribution in [0.15, 0.2) is 43.0 Å². The smallest absolute Gasteiger partial charge is 0.254 e. The van der Waals surface area contributed by atoms with E-state index in [0.717, 1.165) is 11.3 Å². The Kier molecular flexibility index (Phi) is 3.12. The van der Waals surface area contributed by atoms with Crippen molar-refractivity contribution in [3.05, 3.63) is 54.4 Å². The summed E-state index contributed by atoms with van der Waals surface area (Å²) in [6, 6.07) is 5.32. The molecular formula is C14H13N5O. The lowest BCUT2D eigenvalue weighted by Crippen LogP contribution is -2.26. The summed E-state index contributed by atoms with van der Waals surface area (Å²) in [6.07, 6.45) is 6.65. The molecule has 1 aromatic carbocycles. The van der Waals surface area contributed by atoms with Crippen LogP contribution in [0, 0.1) is 0 Å². The lowest BCUT2D eigenvalue weighted by atomic mass is 10.1. The van der Waals surface area contributed by atoms with Gasteiger partial charge in [-0.1, -0.05) is 0 Å². The zero-order valence-corrected chi connectivity index (χ0v) is 10.9. The van der Waals surface area contributed by atoms with E-state index >= 15 is 0 Å². The first kappa shape index (κ1) is 12.3. The topological polar surface area (TPSA) is 74.8 Å². The van der Waals surface area contributed by atoms with E-state index < -0.39 is 0 Å². The maximum absolute atomic E-state index is 12.4. The Morgan fingerprint density at radius 2 is 1.95 bits per heavy atom. The van der Waals surface area contributed by atoms with Crippen molar-refractivity contribution in [3.8, 4) is 0 Å². The Balaban J connectivity index is 1.84. The summed E-state index contributed by atoms with van der Waals surface area (Å²) in [4.78, 5) is 29.4. The third kappa shape index (κ3) is 2.35. The van der Waals surface area contributed by atoms with Gasteiger partial charge in [-0.3, -0.25) is 14.8 Å². The summed E-state index contributed by atoms with van der Waals surface area (Å²) in [5.41, 5.74) is 2.08. The summed E-state index contributed by atoms with van der Waals surface area (Å²) in [5, 5.41) is 0. The number of fused-ring (bicyclic) bond motifs is 1. The number of hydrogen-bond acceptors (Lipinski definition) is 4. The number of benzene rings is 1. The van der Waals surface area contributed by atoms with Crippen LogP contribution in [0.1, 0.15) is 16.2 Å². The molecule has 0 aliphatic rings. The van der Waals surface area contributed by atoms with Gasteiger partial charge in [0.2, 0.25) is 0 Å². The molecule has 3 rings (SSSR count). The number of nitrogens with one attached hydrogen (secondary N) is 1. The second-order valence-corrected chi connectivity index (χ2v) is 4.46. The summed E-state index contributed by atoms with van der Waals surface area (Å²) >= 11 is 0. The van der Waals surface area contributed by atoms with Crippen LogP contribution in [0.5, 0.6) is 0 Å². The molecular weight excluding hydrogens is 254 g/mol. The van der Waals surface area contributed by atoms with Gasteiger partial charge in [-0.05, 0) is 18.2 Å². The molecule has 2 aromatic heterocycles. The molecule has 0 fully saturated rings. The lowest BCUT2D eigenvalue weighted by Gasteiger charge is -2.15. The third-order valence-electron chi connectivity index (χ3n) is 3.00. The highest BCUT2D eigenvalue weighted by molar-refractivity contribution is 5.97. The Labute approximate surface area is 115 Å². The molecule has 0 aliphatic carbocycles. The van der Waals surface area contributed by atoms with E-state index in [1.54, 1.807) is 54.9 Å². The molecule has 0 saturated carbocycles. The van der Waals surface area contributed by atoms with Crippen LogP contribution in [0.3, 0.4) is 0 Å². The van der Waals surface area contributed by atoms with Crippen molar-refractivity contribution in [3.63, 3.8) is 0 Å². The molecule has 6 nitrogen and oxygen atoms in total. The van der Waals surface area contributed by atoms with Crippen molar-refractivity contribution in [2.75, 3.05) is 7.05 Å². The highest BCUT2D eigenvalue weighted by atomic mass is 16.2. The van der Waals surface area contributed by atoms with Crippen molar-refractivity contribution >= 4 is 16.9 Å². The van der Waals surface area contributed by atoms with Crippen molar-refractivity contribution in [1.82, 2.24) is 24.8 Å². The summed E-state index contributed by atoms with van der Waals surface area (Å²) < 4.78 is 0. The number of carbonyl (C=O) groups excluding carboxylic acids is 1. The molecule has 20 heavy (non-hydrogen) atoms.